The Labute approximate surface area is 216 Å². The number of urea groups is 1. The molecule has 6 rings (SSSR count). The average molecular weight is 511 g/mol. The topological polar surface area (TPSA) is 120 Å². The molecular formula is C27H22N6O3S. The minimum absolute atomic E-state index is 0.351. The molecule has 0 bridgehead atoms. The number of hydrogen-bond acceptors (Lipinski definition) is 7. The molecule has 1 aromatic carbocycles. The molecule has 3 amide bonds. The molecule has 2 aliphatic rings. The smallest absolute Gasteiger partial charge is 0.331 e. The van der Waals surface area contributed by atoms with Crippen LogP contribution in [0.5, 0.6) is 11.6 Å². The van der Waals surface area contributed by atoms with Gasteiger partial charge in [0.05, 0.1) is 39.6 Å². The zero-order valence-electron chi connectivity index (χ0n) is 19.9. The summed E-state index contributed by atoms with van der Waals surface area (Å²) in [5.41, 5.74) is 3.18. The first kappa shape index (κ1) is 22.9. The number of thiophene rings is 1. The zero-order chi connectivity index (χ0) is 25.5. The van der Waals surface area contributed by atoms with Crippen LogP contribution in [0.15, 0.2) is 66.5 Å². The Morgan fingerprint density at radius 1 is 1.16 bits per heavy atom. The summed E-state index contributed by atoms with van der Waals surface area (Å²) in [6.45, 7) is 1.81. The van der Waals surface area contributed by atoms with Crippen LogP contribution in [-0.2, 0) is 0 Å². The van der Waals surface area contributed by atoms with Gasteiger partial charge in [-0.15, -0.1) is 11.3 Å². The van der Waals surface area contributed by atoms with E-state index in [0.29, 0.717) is 67.3 Å². The lowest BCUT2D eigenvalue weighted by Gasteiger charge is -2.29. The lowest BCUT2D eigenvalue weighted by molar-refractivity contribution is 0.0972. The maximum absolute atomic E-state index is 13.4. The molecule has 3 aromatic heterocycles. The highest BCUT2D eigenvalue weighted by Gasteiger charge is 2.34. The predicted octanol–water partition coefficient (Wildman–Crippen LogP) is 6.29. The maximum Gasteiger partial charge on any atom is 0.331 e. The summed E-state index contributed by atoms with van der Waals surface area (Å²) in [6.07, 6.45) is 5.84. The summed E-state index contributed by atoms with van der Waals surface area (Å²) in [5.74, 6) is 0.722. The molecule has 37 heavy (non-hydrogen) atoms. The van der Waals surface area contributed by atoms with E-state index in [1.807, 2.05) is 43.3 Å². The number of para-hydroxylation sites is 1. The van der Waals surface area contributed by atoms with E-state index in [4.69, 9.17) is 10.1 Å². The first-order valence-electron chi connectivity index (χ1n) is 11.8. The molecule has 10 heteroatoms. The summed E-state index contributed by atoms with van der Waals surface area (Å²) < 4.78 is 5.84. The van der Waals surface area contributed by atoms with E-state index in [-0.39, 0.29) is 5.91 Å². The fourth-order valence-corrected chi connectivity index (χ4v) is 5.52. The van der Waals surface area contributed by atoms with Gasteiger partial charge in [0, 0.05) is 12.3 Å². The van der Waals surface area contributed by atoms with Gasteiger partial charge < -0.3 is 20.8 Å². The predicted molar refractivity (Wildman–Crippen MR) is 143 cm³/mol. The summed E-state index contributed by atoms with van der Waals surface area (Å²) in [5, 5.41) is 14.6. The Kier molecular flexibility index (Phi) is 5.65. The number of nitrogens with zero attached hydrogens (tertiary/aromatic N) is 3. The fraction of sp³-hybridized carbons (Fsp3) is 0.148. The molecule has 0 fully saturated rings. The van der Waals surface area contributed by atoms with Crippen molar-refractivity contribution < 1.29 is 14.3 Å². The zero-order valence-corrected chi connectivity index (χ0v) is 20.7. The summed E-state index contributed by atoms with van der Waals surface area (Å²) in [7, 11) is 0. The molecule has 0 spiro atoms. The van der Waals surface area contributed by atoms with Crippen molar-refractivity contribution in [2.45, 2.75) is 26.2 Å². The van der Waals surface area contributed by atoms with E-state index in [9.17, 15) is 9.59 Å². The lowest BCUT2D eigenvalue weighted by atomic mass is 10.0. The fourth-order valence-electron chi connectivity index (χ4n) is 4.51. The van der Waals surface area contributed by atoms with E-state index in [1.54, 1.807) is 29.3 Å². The Morgan fingerprint density at radius 3 is 2.78 bits per heavy atom. The number of anilines is 3. The molecular weight excluding hydrogens is 488 g/mol. The molecule has 4 aromatic rings. The molecule has 3 N–H and O–H groups in total. The number of nitrogens with one attached hydrogen (secondary N) is 3. The van der Waals surface area contributed by atoms with Crippen LogP contribution in [-0.4, -0.2) is 27.6 Å². The van der Waals surface area contributed by atoms with Gasteiger partial charge in [0.2, 0.25) is 5.88 Å². The normalized spacial score (nSPS) is 14.8. The number of pyridine rings is 2. The van der Waals surface area contributed by atoms with Crippen molar-refractivity contribution in [1.82, 2.24) is 15.3 Å². The molecule has 0 atom stereocenters. The van der Waals surface area contributed by atoms with Gasteiger partial charge in [-0.1, -0.05) is 24.3 Å². The van der Waals surface area contributed by atoms with Crippen LogP contribution in [0.1, 0.15) is 34.6 Å². The number of rotatable bonds is 5. The third-order valence-electron chi connectivity index (χ3n) is 6.24. The minimum Gasteiger partial charge on any atom is -0.439 e. The number of carbonyl (C=O) groups excluding carboxylic acids is 2. The number of amides is 3. The number of hydrogen-bond donors (Lipinski definition) is 3. The largest absolute Gasteiger partial charge is 0.439 e. The molecule has 1 aliphatic heterocycles. The van der Waals surface area contributed by atoms with E-state index < -0.39 is 6.03 Å². The van der Waals surface area contributed by atoms with Crippen LogP contribution in [0.25, 0.3) is 10.2 Å². The van der Waals surface area contributed by atoms with Crippen molar-refractivity contribution >= 4 is 56.3 Å². The van der Waals surface area contributed by atoms with E-state index >= 15 is 0 Å². The average Bonchev–Trinajstić information content (AvgIpc) is 3.26. The number of carbonyl (C=O) groups is 2. The second-order valence-electron chi connectivity index (χ2n) is 8.69. The quantitative estimate of drug-likeness (QED) is 0.291. The van der Waals surface area contributed by atoms with Crippen molar-refractivity contribution in [3.05, 3.63) is 77.1 Å². The third-order valence-corrected chi connectivity index (χ3v) is 7.34. The van der Waals surface area contributed by atoms with Crippen LogP contribution in [0.3, 0.4) is 0 Å². The van der Waals surface area contributed by atoms with Crippen molar-refractivity contribution in [2.24, 2.45) is 0 Å². The minimum atomic E-state index is -0.404. The van der Waals surface area contributed by atoms with Gasteiger partial charge in [0.1, 0.15) is 15.5 Å². The van der Waals surface area contributed by atoms with Crippen molar-refractivity contribution in [3.63, 3.8) is 0 Å². The van der Waals surface area contributed by atoms with Crippen LogP contribution < -0.4 is 20.3 Å². The SMILES string of the molecule is Cc1nc(Oc2ccccc2)ccc1N1C(=O)Nc2c(C(=O)NC3=CCCCC3=N)sc3nccc1c23. The summed E-state index contributed by atoms with van der Waals surface area (Å²) >= 11 is 1.21. The summed E-state index contributed by atoms with van der Waals surface area (Å²) in [4.78, 5) is 38.1. The van der Waals surface area contributed by atoms with E-state index in [1.165, 1.54) is 11.3 Å². The summed E-state index contributed by atoms with van der Waals surface area (Å²) in [6, 6.07) is 14.2. The Morgan fingerprint density at radius 2 is 2.00 bits per heavy atom. The standard InChI is InChI=1S/C27H22N6O3S/c1-15-19(11-12-21(30-15)36-16-7-3-2-4-8-16)33-20-13-14-29-26-22(20)23(32-27(33)35)24(37-26)25(34)31-18-10-6-5-9-17(18)28/h2-4,7-8,10-14,28H,5-6,9H2,1H3,(H,31,34)(H,32,35). The molecule has 0 saturated heterocycles. The molecule has 4 heterocycles. The molecule has 184 valence electrons. The Bertz CT molecular complexity index is 1610. The van der Waals surface area contributed by atoms with Gasteiger partial charge in [0.25, 0.3) is 5.91 Å². The number of aryl methyl sites for hydroxylation is 1. The van der Waals surface area contributed by atoms with Gasteiger partial charge in [0.15, 0.2) is 0 Å². The Hall–Kier alpha value is -4.57. The van der Waals surface area contributed by atoms with Gasteiger partial charge in [-0.05, 0) is 50.5 Å². The molecule has 1 aliphatic carbocycles. The second-order valence-corrected chi connectivity index (χ2v) is 9.69. The lowest BCUT2D eigenvalue weighted by Crippen LogP contribution is -2.35. The van der Waals surface area contributed by atoms with Crippen molar-refractivity contribution in [3.8, 4) is 11.6 Å². The van der Waals surface area contributed by atoms with Gasteiger partial charge in [-0.2, -0.15) is 0 Å². The van der Waals surface area contributed by atoms with E-state index in [2.05, 4.69) is 20.6 Å². The van der Waals surface area contributed by atoms with Gasteiger partial charge in [-0.25, -0.2) is 14.8 Å². The number of ether oxygens (including phenoxy) is 1. The first-order valence-corrected chi connectivity index (χ1v) is 12.6. The van der Waals surface area contributed by atoms with Gasteiger partial charge >= 0.3 is 6.03 Å². The monoisotopic (exact) mass is 510 g/mol. The van der Waals surface area contributed by atoms with Crippen LogP contribution in [0.4, 0.5) is 21.9 Å². The number of benzene rings is 1. The molecule has 0 saturated carbocycles. The Balaban J connectivity index is 1.36. The first-order chi connectivity index (χ1) is 18.0. The molecule has 0 radical (unpaired) electrons. The van der Waals surface area contributed by atoms with Crippen molar-refractivity contribution in [1.29, 1.82) is 5.41 Å². The van der Waals surface area contributed by atoms with Crippen LogP contribution in [0.2, 0.25) is 0 Å². The third kappa shape index (κ3) is 4.11. The van der Waals surface area contributed by atoms with E-state index in [0.717, 1.165) is 12.8 Å². The second kappa shape index (κ2) is 9.14. The van der Waals surface area contributed by atoms with Gasteiger partial charge in [-0.3, -0.25) is 9.69 Å². The molecule has 0 unspecified atom stereocenters. The highest BCUT2D eigenvalue weighted by Crippen LogP contribution is 2.46. The van der Waals surface area contributed by atoms with Crippen LogP contribution in [0, 0.1) is 12.3 Å². The van der Waals surface area contributed by atoms with Crippen molar-refractivity contribution in [2.75, 3.05) is 10.2 Å². The highest BCUT2D eigenvalue weighted by molar-refractivity contribution is 7.21. The maximum atomic E-state index is 13.4. The highest BCUT2D eigenvalue weighted by atomic mass is 32.1. The number of allylic oxidation sites excluding steroid dienone is 2. The number of aromatic nitrogens is 2. The molecule has 9 nitrogen and oxygen atoms in total. The van der Waals surface area contributed by atoms with Crippen LogP contribution >= 0.6 is 11.3 Å².